The van der Waals surface area contributed by atoms with Gasteiger partial charge in [0.05, 0.1) is 17.1 Å². The average molecular weight is 250 g/mol. The highest BCUT2D eigenvalue weighted by atomic mass is 16.6. The van der Waals surface area contributed by atoms with Crippen LogP contribution in [-0.4, -0.2) is 23.5 Å². The molecule has 6 heteroatoms. The maximum absolute atomic E-state index is 10.8. The summed E-state index contributed by atoms with van der Waals surface area (Å²) in [6.07, 6.45) is 5.07. The van der Waals surface area contributed by atoms with Gasteiger partial charge in [-0.1, -0.05) is 19.3 Å². The molecule has 0 unspecified atom stereocenters. The van der Waals surface area contributed by atoms with E-state index in [0.29, 0.717) is 11.6 Å². The Kier molecular flexibility index (Phi) is 3.96. The van der Waals surface area contributed by atoms with Gasteiger partial charge in [0, 0.05) is 13.6 Å². The average Bonchev–Trinajstić information content (AvgIpc) is 2.31. The predicted octanol–water partition coefficient (Wildman–Crippen LogP) is 2.63. The van der Waals surface area contributed by atoms with E-state index < -0.39 is 4.92 Å². The van der Waals surface area contributed by atoms with Crippen LogP contribution in [0.4, 0.5) is 17.3 Å². The zero-order valence-electron chi connectivity index (χ0n) is 10.5. The molecule has 0 saturated heterocycles. The minimum absolute atomic E-state index is 0.0560. The fourth-order valence-electron chi connectivity index (χ4n) is 2.03. The highest BCUT2D eigenvalue weighted by Crippen LogP contribution is 2.29. The van der Waals surface area contributed by atoms with Crippen molar-refractivity contribution in [2.45, 2.75) is 25.7 Å². The summed E-state index contributed by atoms with van der Waals surface area (Å²) >= 11 is 0. The summed E-state index contributed by atoms with van der Waals surface area (Å²) in [6, 6.07) is 2.90. The molecular formula is C12H18N4O2. The van der Waals surface area contributed by atoms with Crippen LogP contribution in [-0.2, 0) is 0 Å². The third kappa shape index (κ3) is 3.09. The molecule has 0 amide bonds. The monoisotopic (exact) mass is 250 g/mol. The molecule has 18 heavy (non-hydrogen) atoms. The molecule has 0 radical (unpaired) electrons. The maximum atomic E-state index is 10.8. The first kappa shape index (κ1) is 12.6. The Hall–Kier alpha value is -1.85. The molecule has 1 aromatic heterocycles. The van der Waals surface area contributed by atoms with Crippen LogP contribution in [0.5, 0.6) is 0 Å². The van der Waals surface area contributed by atoms with E-state index in [1.165, 1.54) is 31.4 Å². The van der Waals surface area contributed by atoms with Crippen molar-refractivity contribution in [2.75, 3.05) is 24.2 Å². The summed E-state index contributed by atoms with van der Waals surface area (Å²) in [5.41, 5.74) is 0.0560. The Labute approximate surface area is 106 Å². The molecule has 1 aliphatic carbocycles. The largest absolute Gasteiger partial charge is 0.373 e. The van der Waals surface area contributed by atoms with Crippen molar-refractivity contribution in [3.8, 4) is 0 Å². The van der Waals surface area contributed by atoms with E-state index in [-0.39, 0.29) is 5.69 Å². The first-order valence-corrected chi connectivity index (χ1v) is 6.27. The van der Waals surface area contributed by atoms with E-state index in [1.54, 1.807) is 7.05 Å². The summed E-state index contributed by atoms with van der Waals surface area (Å²) in [7, 11) is 1.70. The summed E-state index contributed by atoms with van der Waals surface area (Å²) in [4.78, 5) is 14.6. The number of rotatable bonds is 6. The van der Waals surface area contributed by atoms with Crippen LogP contribution in [0.1, 0.15) is 25.7 Å². The maximum Gasteiger partial charge on any atom is 0.276 e. The molecule has 1 aromatic rings. The fraction of sp³-hybridized carbons (Fsp3) is 0.583. The van der Waals surface area contributed by atoms with Crippen molar-refractivity contribution in [2.24, 2.45) is 5.92 Å². The van der Waals surface area contributed by atoms with E-state index in [1.807, 2.05) is 0 Å². The molecule has 2 N–H and O–H groups in total. The van der Waals surface area contributed by atoms with Crippen molar-refractivity contribution >= 4 is 17.3 Å². The Morgan fingerprint density at radius 1 is 1.44 bits per heavy atom. The second-order valence-electron chi connectivity index (χ2n) is 4.62. The molecule has 1 fully saturated rings. The van der Waals surface area contributed by atoms with Crippen LogP contribution >= 0.6 is 0 Å². The van der Waals surface area contributed by atoms with Crippen molar-refractivity contribution in [1.82, 2.24) is 4.98 Å². The first-order valence-electron chi connectivity index (χ1n) is 6.27. The Bertz CT molecular complexity index is 432. The van der Waals surface area contributed by atoms with Crippen molar-refractivity contribution in [3.63, 3.8) is 0 Å². The van der Waals surface area contributed by atoms with Gasteiger partial charge < -0.3 is 10.6 Å². The first-order chi connectivity index (χ1) is 8.69. The lowest BCUT2D eigenvalue weighted by atomic mass is 9.83. The highest BCUT2D eigenvalue weighted by Gasteiger charge is 2.17. The van der Waals surface area contributed by atoms with Crippen molar-refractivity contribution in [1.29, 1.82) is 0 Å². The van der Waals surface area contributed by atoms with Crippen LogP contribution in [0, 0.1) is 16.0 Å². The number of hydrogen-bond acceptors (Lipinski definition) is 5. The van der Waals surface area contributed by atoms with Gasteiger partial charge in [-0.2, -0.15) is 0 Å². The second-order valence-corrected chi connectivity index (χ2v) is 4.62. The normalized spacial score (nSPS) is 14.9. The van der Waals surface area contributed by atoms with Gasteiger partial charge in [0.25, 0.3) is 5.69 Å². The fourth-order valence-corrected chi connectivity index (χ4v) is 2.03. The number of nitrogens with zero attached hydrogens (tertiary/aromatic N) is 2. The van der Waals surface area contributed by atoms with E-state index in [0.717, 1.165) is 18.9 Å². The van der Waals surface area contributed by atoms with Gasteiger partial charge in [-0.25, -0.2) is 4.98 Å². The number of hydrogen-bond donors (Lipinski definition) is 2. The van der Waals surface area contributed by atoms with Crippen LogP contribution in [0.3, 0.4) is 0 Å². The van der Waals surface area contributed by atoms with Crippen molar-refractivity contribution in [3.05, 3.63) is 22.2 Å². The van der Waals surface area contributed by atoms with E-state index in [9.17, 15) is 10.1 Å². The molecule has 0 aromatic carbocycles. The second kappa shape index (κ2) is 5.66. The van der Waals surface area contributed by atoms with E-state index in [2.05, 4.69) is 15.6 Å². The lowest BCUT2D eigenvalue weighted by Gasteiger charge is -2.25. The third-order valence-corrected chi connectivity index (χ3v) is 3.36. The summed E-state index contributed by atoms with van der Waals surface area (Å²) in [5, 5.41) is 16.8. The lowest BCUT2D eigenvalue weighted by molar-refractivity contribution is -0.384. The standard InChI is InChI=1S/C12H18N4O2/c1-13-11-7-10(16(17)18)8-12(15-11)14-6-5-9-3-2-4-9/h7-9H,2-6H2,1H3,(H2,13,14,15). The SMILES string of the molecule is CNc1cc([N+](=O)[O-])cc(NCCC2CCC2)n1. The minimum Gasteiger partial charge on any atom is -0.373 e. The number of aromatic nitrogens is 1. The molecule has 0 spiro atoms. The summed E-state index contributed by atoms with van der Waals surface area (Å²) in [6.45, 7) is 0.821. The molecule has 6 nitrogen and oxygen atoms in total. The van der Waals surface area contributed by atoms with Gasteiger partial charge in [0.1, 0.15) is 11.6 Å². The summed E-state index contributed by atoms with van der Waals surface area (Å²) < 4.78 is 0. The van der Waals surface area contributed by atoms with Crippen LogP contribution in [0.2, 0.25) is 0 Å². The van der Waals surface area contributed by atoms with E-state index in [4.69, 9.17) is 0 Å². The number of anilines is 2. The number of pyridine rings is 1. The van der Waals surface area contributed by atoms with Gasteiger partial charge in [-0.3, -0.25) is 10.1 Å². The molecule has 98 valence electrons. The molecular weight excluding hydrogens is 232 g/mol. The molecule has 1 aliphatic rings. The van der Waals surface area contributed by atoms with Crippen LogP contribution < -0.4 is 10.6 Å². The molecule has 0 atom stereocenters. The molecule has 0 aliphatic heterocycles. The molecule has 1 saturated carbocycles. The minimum atomic E-state index is -0.403. The molecule has 0 bridgehead atoms. The molecule has 2 rings (SSSR count). The van der Waals surface area contributed by atoms with Crippen LogP contribution in [0.15, 0.2) is 12.1 Å². The Morgan fingerprint density at radius 3 is 2.72 bits per heavy atom. The highest BCUT2D eigenvalue weighted by molar-refractivity contribution is 5.54. The van der Waals surface area contributed by atoms with Gasteiger partial charge >= 0.3 is 0 Å². The zero-order chi connectivity index (χ0) is 13.0. The smallest absolute Gasteiger partial charge is 0.276 e. The predicted molar refractivity (Wildman–Crippen MR) is 70.9 cm³/mol. The number of nitro groups is 1. The topological polar surface area (TPSA) is 80.1 Å². The molecule has 1 heterocycles. The van der Waals surface area contributed by atoms with Crippen molar-refractivity contribution < 1.29 is 4.92 Å². The van der Waals surface area contributed by atoms with Gasteiger partial charge in [0.15, 0.2) is 0 Å². The van der Waals surface area contributed by atoms with Gasteiger partial charge in [0.2, 0.25) is 0 Å². The lowest BCUT2D eigenvalue weighted by Crippen LogP contribution is -2.16. The quantitative estimate of drug-likeness (QED) is 0.599. The summed E-state index contributed by atoms with van der Waals surface area (Å²) in [5.74, 6) is 1.89. The van der Waals surface area contributed by atoms with Gasteiger partial charge in [-0.05, 0) is 12.3 Å². The van der Waals surface area contributed by atoms with E-state index >= 15 is 0 Å². The van der Waals surface area contributed by atoms with Crippen LogP contribution in [0.25, 0.3) is 0 Å². The number of nitrogens with one attached hydrogen (secondary N) is 2. The Balaban J connectivity index is 1.96. The Morgan fingerprint density at radius 2 is 2.17 bits per heavy atom. The third-order valence-electron chi connectivity index (χ3n) is 3.36. The zero-order valence-corrected chi connectivity index (χ0v) is 10.5. The van der Waals surface area contributed by atoms with Gasteiger partial charge in [-0.15, -0.1) is 0 Å².